The highest BCUT2D eigenvalue weighted by atomic mass is 19.4. The van der Waals surface area contributed by atoms with Crippen molar-refractivity contribution in [3.8, 4) is 5.75 Å². The van der Waals surface area contributed by atoms with Crippen LogP contribution < -0.4 is 4.74 Å². The SMILES string of the molecule is CC1CCc2ccc3[nH]c(C(F)(F)F)nc3c2O1. The molecule has 1 aromatic heterocycles. The van der Waals surface area contributed by atoms with E-state index < -0.39 is 12.0 Å². The molecule has 2 aromatic rings. The molecular formula is C12H11F3N2O. The van der Waals surface area contributed by atoms with Crippen LogP contribution in [0.25, 0.3) is 11.0 Å². The minimum Gasteiger partial charge on any atom is -0.488 e. The topological polar surface area (TPSA) is 37.9 Å². The molecular weight excluding hydrogens is 245 g/mol. The normalized spacial score (nSPS) is 19.7. The number of imidazole rings is 1. The molecule has 2 heterocycles. The van der Waals surface area contributed by atoms with Crippen LogP contribution >= 0.6 is 0 Å². The third kappa shape index (κ3) is 1.72. The van der Waals surface area contributed by atoms with Gasteiger partial charge >= 0.3 is 6.18 Å². The monoisotopic (exact) mass is 256 g/mol. The lowest BCUT2D eigenvalue weighted by atomic mass is 10.0. The maximum absolute atomic E-state index is 12.6. The second kappa shape index (κ2) is 3.63. The Bertz CT molecular complexity index is 603. The maximum Gasteiger partial charge on any atom is 0.449 e. The highest BCUT2D eigenvalue weighted by Crippen LogP contribution is 2.36. The molecule has 1 aliphatic rings. The lowest BCUT2D eigenvalue weighted by molar-refractivity contribution is -0.144. The molecule has 3 nitrogen and oxygen atoms in total. The summed E-state index contributed by atoms with van der Waals surface area (Å²) in [6.07, 6.45) is -2.78. The summed E-state index contributed by atoms with van der Waals surface area (Å²) in [5.41, 5.74) is 1.54. The first kappa shape index (κ1) is 11.4. The summed E-state index contributed by atoms with van der Waals surface area (Å²) in [4.78, 5) is 5.91. The number of halogens is 3. The summed E-state index contributed by atoms with van der Waals surface area (Å²) in [7, 11) is 0. The van der Waals surface area contributed by atoms with Crippen molar-refractivity contribution in [3.05, 3.63) is 23.5 Å². The van der Waals surface area contributed by atoms with Crippen LogP contribution in [0.2, 0.25) is 0 Å². The Labute approximate surface area is 101 Å². The Hall–Kier alpha value is -1.72. The lowest BCUT2D eigenvalue weighted by Crippen LogP contribution is -2.19. The van der Waals surface area contributed by atoms with Crippen LogP contribution in [0, 0.1) is 0 Å². The average molecular weight is 256 g/mol. The number of aromatic nitrogens is 2. The number of ether oxygens (including phenoxy) is 1. The quantitative estimate of drug-likeness (QED) is 0.785. The van der Waals surface area contributed by atoms with Crippen molar-refractivity contribution in [1.29, 1.82) is 0 Å². The molecule has 0 fully saturated rings. The molecule has 1 aliphatic heterocycles. The van der Waals surface area contributed by atoms with E-state index in [0.29, 0.717) is 11.3 Å². The van der Waals surface area contributed by atoms with Crippen molar-refractivity contribution in [2.75, 3.05) is 0 Å². The van der Waals surface area contributed by atoms with Gasteiger partial charge in [0.1, 0.15) is 5.52 Å². The summed E-state index contributed by atoms with van der Waals surface area (Å²) in [6, 6.07) is 3.41. The van der Waals surface area contributed by atoms with Crippen LogP contribution in [0.3, 0.4) is 0 Å². The first-order valence-corrected chi connectivity index (χ1v) is 5.70. The van der Waals surface area contributed by atoms with E-state index in [1.807, 2.05) is 6.92 Å². The van der Waals surface area contributed by atoms with E-state index >= 15 is 0 Å². The predicted octanol–water partition coefficient (Wildman–Crippen LogP) is 3.30. The van der Waals surface area contributed by atoms with Crippen LogP contribution in [0.1, 0.15) is 24.7 Å². The van der Waals surface area contributed by atoms with E-state index in [0.717, 1.165) is 18.4 Å². The third-order valence-corrected chi connectivity index (χ3v) is 3.10. The molecule has 0 spiro atoms. The summed E-state index contributed by atoms with van der Waals surface area (Å²) < 4.78 is 43.4. The number of aryl methyl sites for hydroxylation is 1. The minimum atomic E-state index is -4.47. The van der Waals surface area contributed by atoms with E-state index in [4.69, 9.17) is 4.74 Å². The van der Waals surface area contributed by atoms with Crippen molar-refractivity contribution in [1.82, 2.24) is 9.97 Å². The predicted molar refractivity (Wildman–Crippen MR) is 59.5 cm³/mol. The minimum absolute atomic E-state index is 0.00846. The van der Waals surface area contributed by atoms with E-state index in [1.54, 1.807) is 12.1 Å². The first-order valence-electron chi connectivity index (χ1n) is 5.70. The van der Waals surface area contributed by atoms with Crippen molar-refractivity contribution < 1.29 is 17.9 Å². The van der Waals surface area contributed by atoms with Gasteiger partial charge in [-0.2, -0.15) is 13.2 Å². The number of benzene rings is 1. The van der Waals surface area contributed by atoms with Crippen LogP contribution in [-0.2, 0) is 12.6 Å². The number of hydrogen-bond acceptors (Lipinski definition) is 2. The number of fused-ring (bicyclic) bond motifs is 3. The summed E-state index contributed by atoms with van der Waals surface area (Å²) >= 11 is 0. The molecule has 1 N–H and O–H groups in total. The van der Waals surface area contributed by atoms with Gasteiger partial charge in [0.25, 0.3) is 0 Å². The number of nitrogens with one attached hydrogen (secondary N) is 1. The number of nitrogens with zero attached hydrogens (tertiary/aromatic N) is 1. The second-order valence-corrected chi connectivity index (χ2v) is 4.50. The molecule has 0 bridgehead atoms. The van der Waals surface area contributed by atoms with Gasteiger partial charge in [0.2, 0.25) is 5.82 Å². The van der Waals surface area contributed by atoms with E-state index in [1.165, 1.54) is 0 Å². The van der Waals surface area contributed by atoms with Gasteiger partial charge in [0, 0.05) is 0 Å². The van der Waals surface area contributed by atoms with Gasteiger partial charge in [-0.25, -0.2) is 4.98 Å². The third-order valence-electron chi connectivity index (χ3n) is 3.10. The van der Waals surface area contributed by atoms with Crippen LogP contribution in [0.5, 0.6) is 5.75 Å². The molecule has 0 saturated carbocycles. The Kier molecular flexibility index (Phi) is 2.30. The summed E-state index contributed by atoms with van der Waals surface area (Å²) in [5, 5.41) is 0. The highest BCUT2D eigenvalue weighted by molar-refractivity contribution is 5.83. The average Bonchev–Trinajstić information content (AvgIpc) is 2.72. The highest BCUT2D eigenvalue weighted by Gasteiger charge is 2.35. The summed E-state index contributed by atoms with van der Waals surface area (Å²) in [5.74, 6) is -0.495. The molecule has 3 rings (SSSR count). The fraction of sp³-hybridized carbons (Fsp3) is 0.417. The molecule has 6 heteroatoms. The maximum atomic E-state index is 12.6. The molecule has 0 amide bonds. The molecule has 0 aliphatic carbocycles. The number of hydrogen-bond donors (Lipinski definition) is 1. The van der Waals surface area contributed by atoms with Gasteiger partial charge in [-0.3, -0.25) is 0 Å². The number of alkyl halides is 3. The number of rotatable bonds is 0. The molecule has 18 heavy (non-hydrogen) atoms. The van der Waals surface area contributed by atoms with Gasteiger partial charge in [0.15, 0.2) is 5.75 Å². The fourth-order valence-electron chi connectivity index (χ4n) is 2.17. The van der Waals surface area contributed by atoms with Crippen molar-refractivity contribution >= 4 is 11.0 Å². The Morgan fingerprint density at radius 2 is 2.17 bits per heavy atom. The van der Waals surface area contributed by atoms with Gasteiger partial charge < -0.3 is 9.72 Å². The standard InChI is InChI=1S/C12H11F3N2O/c1-6-2-3-7-4-5-8-9(10(7)18-6)17-11(16-8)12(13,14)15/h4-6H,2-3H2,1H3,(H,16,17). The van der Waals surface area contributed by atoms with Gasteiger partial charge in [-0.15, -0.1) is 0 Å². The Morgan fingerprint density at radius 1 is 1.39 bits per heavy atom. The molecule has 0 radical (unpaired) electrons. The first-order chi connectivity index (χ1) is 8.45. The van der Waals surface area contributed by atoms with Crippen LogP contribution in [0.15, 0.2) is 12.1 Å². The lowest BCUT2D eigenvalue weighted by Gasteiger charge is -2.23. The van der Waals surface area contributed by atoms with E-state index in [2.05, 4.69) is 9.97 Å². The Balaban J connectivity index is 2.19. The van der Waals surface area contributed by atoms with Crippen LogP contribution in [0.4, 0.5) is 13.2 Å². The van der Waals surface area contributed by atoms with Gasteiger partial charge in [-0.1, -0.05) is 6.07 Å². The van der Waals surface area contributed by atoms with Crippen molar-refractivity contribution in [2.45, 2.75) is 32.0 Å². The second-order valence-electron chi connectivity index (χ2n) is 4.50. The molecule has 0 saturated heterocycles. The zero-order valence-corrected chi connectivity index (χ0v) is 9.64. The number of aromatic amines is 1. The zero-order chi connectivity index (χ0) is 12.9. The van der Waals surface area contributed by atoms with Crippen molar-refractivity contribution in [2.24, 2.45) is 0 Å². The zero-order valence-electron chi connectivity index (χ0n) is 9.64. The smallest absolute Gasteiger partial charge is 0.449 e. The van der Waals surface area contributed by atoms with Crippen molar-refractivity contribution in [3.63, 3.8) is 0 Å². The number of H-pyrrole nitrogens is 1. The fourth-order valence-corrected chi connectivity index (χ4v) is 2.17. The van der Waals surface area contributed by atoms with Gasteiger partial charge in [-0.05, 0) is 31.4 Å². The molecule has 96 valence electrons. The Morgan fingerprint density at radius 3 is 2.89 bits per heavy atom. The molecule has 1 atom stereocenters. The van der Waals surface area contributed by atoms with Gasteiger partial charge in [0.05, 0.1) is 11.6 Å². The largest absolute Gasteiger partial charge is 0.488 e. The molecule has 1 aromatic carbocycles. The van der Waals surface area contributed by atoms with E-state index in [9.17, 15) is 13.2 Å². The summed E-state index contributed by atoms with van der Waals surface area (Å²) in [6.45, 7) is 1.90. The van der Waals surface area contributed by atoms with E-state index in [-0.39, 0.29) is 11.6 Å². The molecule has 1 unspecified atom stereocenters. The van der Waals surface area contributed by atoms with Crippen LogP contribution in [-0.4, -0.2) is 16.1 Å².